The number of aromatic nitrogens is 1. The summed E-state index contributed by atoms with van der Waals surface area (Å²) in [6, 6.07) is 7.10. The fourth-order valence-corrected chi connectivity index (χ4v) is 4.39. The Morgan fingerprint density at radius 1 is 1.14 bits per heavy atom. The summed E-state index contributed by atoms with van der Waals surface area (Å²) in [7, 11) is 0. The third-order valence-corrected chi connectivity index (χ3v) is 5.98. The number of amides is 3. The lowest BCUT2D eigenvalue weighted by Crippen LogP contribution is -2.37. The number of carbonyl (C=O) groups is 3. The lowest BCUT2D eigenvalue weighted by molar-refractivity contribution is 0.0213. The molecule has 0 aliphatic carbocycles. The minimum atomic E-state index is -1.29. The number of nitrogens with zero attached hydrogens (tertiary/aromatic N) is 3. The number of halogens is 2. The number of fused-ring (bicyclic) bond motifs is 1. The van der Waals surface area contributed by atoms with Crippen molar-refractivity contribution in [3.8, 4) is 5.88 Å². The minimum Gasteiger partial charge on any atom is -0.477 e. The molecule has 3 amide bonds. The Kier molecular flexibility index (Phi) is 7.23. The first kappa shape index (κ1) is 25.5. The molecule has 0 saturated carbocycles. The minimum absolute atomic E-state index is 0.0273. The average molecular weight is 502 g/mol. The molecule has 4 rings (SSSR count). The van der Waals surface area contributed by atoms with E-state index in [9.17, 15) is 23.2 Å². The quantitative estimate of drug-likeness (QED) is 0.404. The van der Waals surface area contributed by atoms with Crippen LogP contribution in [-0.2, 0) is 4.74 Å². The van der Waals surface area contributed by atoms with Crippen molar-refractivity contribution in [3.05, 3.63) is 59.0 Å². The van der Waals surface area contributed by atoms with Gasteiger partial charge in [0.15, 0.2) is 0 Å². The number of benzene rings is 1. The molecule has 0 radical (unpaired) electrons. The zero-order chi connectivity index (χ0) is 26.0. The van der Waals surface area contributed by atoms with Crippen LogP contribution in [0.2, 0.25) is 0 Å². The van der Waals surface area contributed by atoms with Crippen LogP contribution in [0.1, 0.15) is 72.4 Å². The molecular formula is C26H29F2N3O5. The summed E-state index contributed by atoms with van der Waals surface area (Å²) in [5.41, 5.74) is 0.295. The van der Waals surface area contributed by atoms with Crippen molar-refractivity contribution in [1.29, 1.82) is 0 Å². The fourth-order valence-electron chi connectivity index (χ4n) is 4.39. The SMILES string of the molecule is CC(C)(C)OC(=O)N1C[C@@H](F)C[C@@H]1c1cc(F)cnc1OCCCCN1C(=O)c2ccccc2C1=O. The maximum Gasteiger partial charge on any atom is 0.410 e. The first-order valence-electron chi connectivity index (χ1n) is 11.9. The van der Waals surface area contributed by atoms with Gasteiger partial charge in [-0.05, 0) is 51.8 Å². The number of imide groups is 1. The Balaban J connectivity index is 1.37. The number of hydrogen-bond acceptors (Lipinski definition) is 6. The topological polar surface area (TPSA) is 89.0 Å². The number of likely N-dealkylation sites (tertiary alicyclic amines) is 1. The Labute approximate surface area is 208 Å². The Hall–Kier alpha value is -3.56. The molecule has 0 spiro atoms. The van der Waals surface area contributed by atoms with Gasteiger partial charge in [0.2, 0.25) is 5.88 Å². The average Bonchev–Trinajstić information content (AvgIpc) is 3.32. The third-order valence-electron chi connectivity index (χ3n) is 5.98. The van der Waals surface area contributed by atoms with Crippen molar-refractivity contribution in [2.75, 3.05) is 19.7 Å². The summed E-state index contributed by atoms with van der Waals surface area (Å²) < 4.78 is 39.6. The number of ether oxygens (including phenoxy) is 2. The van der Waals surface area contributed by atoms with Crippen LogP contribution in [0.3, 0.4) is 0 Å². The highest BCUT2D eigenvalue weighted by atomic mass is 19.1. The number of rotatable bonds is 7. The van der Waals surface area contributed by atoms with Crippen molar-refractivity contribution in [2.45, 2.75) is 57.8 Å². The van der Waals surface area contributed by atoms with E-state index in [4.69, 9.17) is 9.47 Å². The summed E-state index contributed by atoms with van der Waals surface area (Å²) in [4.78, 5) is 44.1. The lowest BCUT2D eigenvalue weighted by Gasteiger charge is -2.29. The van der Waals surface area contributed by atoms with Crippen LogP contribution in [0.5, 0.6) is 5.88 Å². The lowest BCUT2D eigenvalue weighted by atomic mass is 10.1. The van der Waals surface area contributed by atoms with Gasteiger partial charge in [-0.1, -0.05) is 12.1 Å². The fraction of sp³-hybridized carbons (Fsp3) is 0.462. The highest BCUT2D eigenvalue weighted by molar-refractivity contribution is 6.21. The molecule has 2 atom stereocenters. The van der Waals surface area contributed by atoms with Crippen LogP contribution in [0, 0.1) is 5.82 Å². The van der Waals surface area contributed by atoms with Crippen LogP contribution in [0.4, 0.5) is 13.6 Å². The molecule has 2 aromatic rings. The van der Waals surface area contributed by atoms with Gasteiger partial charge in [0.25, 0.3) is 11.8 Å². The van der Waals surface area contributed by atoms with Crippen LogP contribution in [0.25, 0.3) is 0 Å². The highest BCUT2D eigenvalue weighted by Gasteiger charge is 2.40. The van der Waals surface area contributed by atoms with E-state index in [1.165, 1.54) is 15.9 Å². The highest BCUT2D eigenvalue weighted by Crippen LogP contribution is 2.38. The zero-order valence-electron chi connectivity index (χ0n) is 20.5. The smallest absolute Gasteiger partial charge is 0.410 e. The molecule has 10 heteroatoms. The Bertz CT molecular complexity index is 1130. The molecule has 3 heterocycles. The molecule has 1 saturated heterocycles. The van der Waals surface area contributed by atoms with E-state index < -0.39 is 29.7 Å². The summed E-state index contributed by atoms with van der Waals surface area (Å²) >= 11 is 0. The van der Waals surface area contributed by atoms with Gasteiger partial charge in [0.05, 0.1) is 36.5 Å². The van der Waals surface area contributed by atoms with Crippen LogP contribution in [0.15, 0.2) is 36.5 Å². The predicted octanol–water partition coefficient (Wildman–Crippen LogP) is 4.70. The van der Waals surface area contributed by atoms with Crippen molar-refractivity contribution in [3.63, 3.8) is 0 Å². The molecule has 2 aliphatic rings. The predicted molar refractivity (Wildman–Crippen MR) is 126 cm³/mol. The second-order valence-corrected chi connectivity index (χ2v) is 9.89. The first-order chi connectivity index (χ1) is 17.0. The van der Waals surface area contributed by atoms with Crippen molar-refractivity contribution in [1.82, 2.24) is 14.8 Å². The van der Waals surface area contributed by atoms with Gasteiger partial charge >= 0.3 is 6.09 Å². The summed E-state index contributed by atoms with van der Waals surface area (Å²) in [6.07, 6.45) is -0.0418. The number of pyridine rings is 1. The number of carbonyl (C=O) groups excluding carboxylic acids is 3. The molecule has 2 aliphatic heterocycles. The number of hydrogen-bond donors (Lipinski definition) is 0. The van der Waals surface area contributed by atoms with E-state index in [1.807, 2.05) is 0 Å². The molecular weight excluding hydrogens is 472 g/mol. The standard InChI is InChI=1S/C26H29F2N3O5/c1-26(2,3)36-25(34)31-15-17(28)13-21(31)20-12-16(27)14-29-22(20)35-11-7-6-10-30-23(32)18-8-4-5-9-19(18)24(30)33/h4-5,8-9,12,14,17,21H,6-7,10-11,13,15H2,1-3H3/t17-,21+/m0/s1. The molecule has 36 heavy (non-hydrogen) atoms. The van der Waals surface area contributed by atoms with E-state index in [1.54, 1.807) is 45.0 Å². The van der Waals surface area contributed by atoms with Crippen molar-refractivity contribution in [2.24, 2.45) is 0 Å². The van der Waals surface area contributed by atoms with Crippen molar-refractivity contribution < 1.29 is 32.6 Å². The van der Waals surface area contributed by atoms with Gasteiger partial charge in [0.1, 0.15) is 17.6 Å². The number of alkyl halides is 1. The van der Waals surface area contributed by atoms with E-state index in [-0.39, 0.29) is 49.4 Å². The van der Waals surface area contributed by atoms with E-state index >= 15 is 0 Å². The summed E-state index contributed by atoms with van der Waals surface area (Å²) in [5, 5.41) is 0. The number of unbranched alkanes of at least 4 members (excludes halogenated alkanes) is 1. The zero-order valence-corrected chi connectivity index (χ0v) is 20.5. The monoisotopic (exact) mass is 501 g/mol. The largest absolute Gasteiger partial charge is 0.477 e. The molecule has 1 fully saturated rings. The van der Waals surface area contributed by atoms with Gasteiger partial charge in [-0.15, -0.1) is 0 Å². The van der Waals surface area contributed by atoms with Crippen molar-refractivity contribution >= 4 is 17.9 Å². The second-order valence-electron chi connectivity index (χ2n) is 9.89. The Morgan fingerprint density at radius 3 is 2.44 bits per heavy atom. The molecule has 1 aromatic heterocycles. The van der Waals surface area contributed by atoms with Gasteiger partial charge in [0, 0.05) is 18.5 Å². The Morgan fingerprint density at radius 2 is 1.81 bits per heavy atom. The van der Waals surface area contributed by atoms with Gasteiger partial charge in [-0.2, -0.15) is 0 Å². The summed E-state index contributed by atoms with van der Waals surface area (Å²) in [5.74, 6) is -1.16. The first-order valence-corrected chi connectivity index (χ1v) is 11.9. The van der Waals surface area contributed by atoms with Gasteiger partial charge in [-0.3, -0.25) is 19.4 Å². The third kappa shape index (κ3) is 5.47. The summed E-state index contributed by atoms with van der Waals surface area (Å²) in [6.45, 7) is 5.37. The van der Waals surface area contributed by atoms with E-state index in [2.05, 4.69) is 4.98 Å². The normalized spacial score (nSPS) is 19.6. The molecule has 192 valence electrons. The van der Waals surface area contributed by atoms with Crippen LogP contribution in [-0.4, -0.2) is 64.2 Å². The second kappa shape index (κ2) is 10.2. The van der Waals surface area contributed by atoms with E-state index in [0.717, 1.165) is 6.20 Å². The molecule has 0 N–H and O–H groups in total. The maximum atomic E-state index is 14.3. The van der Waals surface area contributed by atoms with Gasteiger partial charge < -0.3 is 9.47 Å². The maximum absolute atomic E-state index is 14.3. The molecule has 8 nitrogen and oxygen atoms in total. The van der Waals surface area contributed by atoms with Crippen LogP contribution >= 0.6 is 0 Å². The van der Waals surface area contributed by atoms with E-state index in [0.29, 0.717) is 24.0 Å². The van der Waals surface area contributed by atoms with Gasteiger partial charge in [-0.25, -0.2) is 18.6 Å². The molecule has 1 aromatic carbocycles. The van der Waals surface area contributed by atoms with Crippen LogP contribution < -0.4 is 4.74 Å². The molecule has 0 unspecified atom stereocenters. The molecule has 0 bridgehead atoms.